The second-order valence-electron chi connectivity index (χ2n) is 3.25. The van der Waals surface area contributed by atoms with Crippen LogP contribution in [0, 0.1) is 13.8 Å². The Morgan fingerprint density at radius 3 is 2.33 bits per heavy atom. The predicted molar refractivity (Wildman–Crippen MR) is 70.3 cm³/mol. The largest absolute Gasteiger partial charge is 0.758 e. The third-order valence-electron chi connectivity index (χ3n) is 1.88. The van der Waals surface area contributed by atoms with Gasteiger partial charge in [-0.15, -0.1) is 11.8 Å². The van der Waals surface area contributed by atoms with E-state index in [4.69, 9.17) is 17.6 Å². The van der Waals surface area contributed by atoms with E-state index in [2.05, 4.69) is 11.9 Å². The number of aryl methyl sites for hydroxylation is 2. The molecule has 15 heavy (non-hydrogen) atoms. The van der Waals surface area contributed by atoms with Crippen molar-refractivity contribution in [3.8, 4) is 0 Å². The summed E-state index contributed by atoms with van der Waals surface area (Å²) >= 11 is 6.54. The highest BCUT2D eigenvalue weighted by molar-refractivity contribution is 8.23. The number of aromatic nitrogens is 1. The smallest absolute Gasteiger partial charge is 0.255 e. The standard InChI is InChI=1S/C11H12N2S2/c1-8-4-9(2)7-13(6-8)10(5-12)11(14)15-3/h4,6-7H,1-3H3. The van der Waals surface area contributed by atoms with Crippen LogP contribution >= 0.6 is 24.0 Å². The summed E-state index contributed by atoms with van der Waals surface area (Å²) in [4.78, 5) is 0. The lowest BCUT2D eigenvalue weighted by atomic mass is 10.2. The molecule has 0 aliphatic rings. The molecule has 1 rings (SSSR count). The van der Waals surface area contributed by atoms with Crippen LogP contribution in [0.2, 0.25) is 0 Å². The lowest BCUT2D eigenvalue weighted by molar-refractivity contribution is -0.574. The quantitative estimate of drug-likeness (QED) is 0.341. The van der Waals surface area contributed by atoms with E-state index in [1.165, 1.54) is 11.8 Å². The second-order valence-corrected chi connectivity index (χ2v) is 4.73. The Morgan fingerprint density at radius 2 is 1.93 bits per heavy atom. The maximum Gasteiger partial charge on any atom is 0.255 e. The molecular formula is C11H12N2S2. The van der Waals surface area contributed by atoms with Crippen LogP contribution in [0.4, 0.5) is 0 Å². The van der Waals surface area contributed by atoms with Crippen molar-refractivity contribution in [3.63, 3.8) is 0 Å². The summed E-state index contributed by atoms with van der Waals surface area (Å²) in [7, 11) is 0. The molecule has 0 saturated carbocycles. The van der Waals surface area contributed by atoms with Crippen molar-refractivity contribution >= 4 is 39.7 Å². The van der Waals surface area contributed by atoms with E-state index < -0.39 is 0 Å². The molecule has 0 radical (unpaired) electrons. The Bertz CT molecular complexity index is 426. The summed E-state index contributed by atoms with van der Waals surface area (Å²) in [6, 6.07) is 2.06. The lowest BCUT2D eigenvalue weighted by Crippen LogP contribution is -2.35. The van der Waals surface area contributed by atoms with Crippen LogP contribution in [0.25, 0.3) is 11.1 Å². The average molecular weight is 236 g/mol. The van der Waals surface area contributed by atoms with Crippen molar-refractivity contribution in [2.75, 3.05) is 6.26 Å². The Kier molecular flexibility index (Phi) is 4.21. The van der Waals surface area contributed by atoms with Crippen LogP contribution < -0.4 is 4.57 Å². The van der Waals surface area contributed by atoms with Gasteiger partial charge in [-0.3, -0.25) is 0 Å². The summed E-state index contributed by atoms with van der Waals surface area (Å²) in [6.07, 6.45) is 5.70. The van der Waals surface area contributed by atoms with E-state index in [9.17, 15) is 0 Å². The lowest BCUT2D eigenvalue weighted by Gasteiger charge is -2.02. The number of nitrogens with zero attached hydrogens (tertiary/aromatic N) is 2. The fraction of sp³-hybridized carbons (Fsp3) is 0.273. The van der Waals surface area contributed by atoms with Gasteiger partial charge >= 0.3 is 0 Å². The van der Waals surface area contributed by atoms with E-state index in [1.54, 1.807) is 4.57 Å². The van der Waals surface area contributed by atoms with Crippen LogP contribution in [-0.4, -0.2) is 16.3 Å². The predicted octanol–water partition coefficient (Wildman–Crippen LogP) is 2.36. The van der Waals surface area contributed by atoms with Crippen molar-refractivity contribution in [2.45, 2.75) is 13.8 Å². The van der Waals surface area contributed by atoms with Crippen LogP contribution in [0.1, 0.15) is 11.1 Å². The number of rotatable bonds is 2. The van der Waals surface area contributed by atoms with Gasteiger partial charge in [0, 0.05) is 11.1 Å². The maximum absolute atomic E-state index is 9.05. The first kappa shape index (κ1) is 12.1. The Labute approximate surface area is 99.5 Å². The Hall–Kier alpha value is -0.960. The summed E-state index contributed by atoms with van der Waals surface area (Å²) in [6.45, 7) is 4.00. The summed E-state index contributed by atoms with van der Waals surface area (Å²) < 4.78 is 2.41. The molecule has 0 aliphatic heterocycles. The van der Waals surface area contributed by atoms with Crippen LogP contribution in [0.15, 0.2) is 18.5 Å². The molecule has 0 amide bonds. The van der Waals surface area contributed by atoms with Gasteiger partial charge in [0.1, 0.15) is 4.20 Å². The second kappa shape index (κ2) is 5.21. The molecule has 0 unspecified atom stereocenters. The first-order valence-corrected chi connectivity index (χ1v) is 6.07. The molecule has 0 aliphatic carbocycles. The fourth-order valence-electron chi connectivity index (χ4n) is 1.34. The summed E-state index contributed by atoms with van der Waals surface area (Å²) in [5, 5.41) is 9.05. The van der Waals surface area contributed by atoms with Gasteiger partial charge in [-0.2, -0.15) is 10.4 Å². The van der Waals surface area contributed by atoms with Crippen molar-refractivity contribution in [1.82, 2.24) is 0 Å². The van der Waals surface area contributed by atoms with Crippen LogP contribution in [-0.2, 0) is 0 Å². The maximum atomic E-state index is 9.05. The number of hydrogen-bond acceptors (Lipinski definition) is 2. The molecule has 0 N–H and O–H groups in total. The number of thiocarbonyl (C=S) groups is 1. The molecule has 0 fully saturated rings. The van der Waals surface area contributed by atoms with Gasteiger partial charge in [-0.25, -0.2) is 0 Å². The van der Waals surface area contributed by atoms with Gasteiger partial charge in [0.15, 0.2) is 12.4 Å². The highest BCUT2D eigenvalue weighted by Crippen LogP contribution is 2.08. The topological polar surface area (TPSA) is 26.2 Å². The molecule has 78 valence electrons. The highest BCUT2D eigenvalue weighted by Gasteiger charge is 2.13. The molecule has 4 heteroatoms. The van der Waals surface area contributed by atoms with Gasteiger partial charge in [0.25, 0.3) is 5.70 Å². The third-order valence-corrected chi connectivity index (χ3v) is 3.14. The Morgan fingerprint density at radius 1 is 1.40 bits per heavy atom. The van der Waals surface area contributed by atoms with Crippen molar-refractivity contribution < 1.29 is 4.57 Å². The van der Waals surface area contributed by atoms with Gasteiger partial charge in [-0.05, 0) is 26.2 Å². The molecular weight excluding hydrogens is 224 g/mol. The first-order valence-electron chi connectivity index (χ1n) is 4.43. The molecule has 1 aromatic rings. The minimum atomic E-state index is 0.518. The van der Waals surface area contributed by atoms with Crippen molar-refractivity contribution in [1.29, 1.82) is 0 Å². The van der Waals surface area contributed by atoms with Crippen molar-refractivity contribution in [3.05, 3.63) is 35.0 Å². The third kappa shape index (κ3) is 2.99. The van der Waals surface area contributed by atoms with E-state index in [-0.39, 0.29) is 0 Å². The van der Waals surface area contributed by atoms with E-state index in [1.807, 2.05) is 32.5 Å². The van der Waals surface area contributed by atoms with E-state index in [0.29, 0.717) is 9.89 Å². The molecule has 0 spiro atoms. The molecule has 1 heterocycles. The van der Waals surface area contributed by atoms with Gasteiger partial charge in [0.05, 0.1) is 0 Å². The Balaban J connectivity index is 3.25. The van der Waals surface area contributed by atoms with Gasteiger partial charge in [0.2, 0.25) is 0 Å². The van der Waals surface area contributed by atoms with Crippen LogP contribution in [0.3, 0.4) is 0 Å². The molecule has 0 aromatic carbocycles. The normalized spacial score (nSPS) is 9.53. The monoisotopic (exact) mass is 236 g/mol. The number of hydrogen-bond donors (Lipinski definition) is 0. The molecule has 0 saturated heterocycles. The number of thioether (sulfide) groups is 1. The molecule has 0 atom stereocenters. The molecule has 1 aromatic heterocycles. The minimum absolute atomic E-state index is 0.518. The average Bonchev–Trinajstić information content (AvgIpc) is 2.17. The highest BCUT2D eigenvalue weighted by atomic mass is 32.2. The zero-order valence-electron chi connectivity index (χ0n) is 8.94. The SMILES string of the molecule is CSC(=S)C(=C=[N-])[n+]1cc(C)cc(C)c1. The fourth-order valence-corrected chi connectivity index (χ4v) is 1.84. The first-order chi connectivity index (χ1) is 7.08. The summed E-state index contributed by atoms with van der Waals surface area (Å²) in [5.74, 6) is 2.14. The number of pyridine rings is 1. The molecule has 2 nitrogen and oxygen atoms in total. The minimum Gasteiger partial charge on any atom is -0.758 e. The van der Waals surface area contributed by atoms with Crippen LogP contribution in [0.5, 0.6) is 0 Å². The zero-order chi connectivity index (χ0) is 11.4. The molecule has 0 bridgehead atoms. The van der Waals surface area contributed by atoms with Gasteiger partial charge < -0.3 is 5.41 Å². The van der Waals surface area contributed by atoms with E-state index in [0.717, 1.165) is 11.1 Å². The van der Waals surface area contributed by atoms with E-state index >= 15 is 0 Å². The van der Waals surface area contributed by atoms with Gasteiger partial charge in [-0.1, -0.05) is 12.2 Å². The summed E-state index contributed by atoms with van der Waals surface area (Å²) in [5.41, 5.74) is 2.75. The van der Waals surface area contributed by atoms with Crippen molar-refractivity contribution in [2.24, 2.45) is 0 Å². The zero-order valence-corrected chi connectivity index (χ0v) is 10.6.